The van der Waals surface area contributed by atoms with Gasteiger partial charge in [-0.15, -0.1) is 12.4 Å². The van der Waals surface area contributed by atoms with Gasteiger partial charge in [0.2, 0.25) is 0 Å². The number of nitrogens with one attached hydrogen (secondary N) is 2. The van der Waals surface area contributed by atoms with Gasteiger partial charge in [0.25, 0.3) is 5.91 Å². The summed E-state index contributed by atoms with van der Waals surface area (Å²) in [7, 11) is 0. The van der Waals surface area contributed by atoms with Gasteiger partial charge in [0.05, 0.1) is 0 Å². The molecule has 0 spiro atoms. The van der Waals surface area contributed by atoms with Crippen LogP contribution in [0.15, 0.2) is 15.3 Å². The number of hydrogen-bond acceptors (Lipinski definition) is 5. The van der Waals surface area contributed by atoms with E-state index in [0.717, 1.165) is 38.8 Å². The summed E-state index contributed by atoms with van der Waals surface area (Å²) in [6.07, 6.45) is 3.47. The second kappa shape index (κ2) is 8.65. The van der Waals surface area contributed by atoms with E-state index in [2.05, 4.69) is 10.6 Å². The highest BCUT2D eigenvalue weighted by Gasteiger charge is 2.24. The quantitative estimate of drug-likeness (QED) is 0.862. The van der Waals surface area contributed by atoms with Crippen molar-refractivity contribution in [3.63, 3.8) is 0 Å². The number of rotatable bonds is 3. The largest absolute Gasteiger partial charge is 0.427 e. The van der Waals surface area contributed by atoms with Gasteiger partial charge in [-0.25, -0.2) is 4.79 Å². The molecule has 3 heterocycles. The zero-order valence-electron chi connectivity index (χ0n) is 13.9. The standard InChI is InChI=1S/C17H24N2O4.ClH/c1-11-10-14(12-2-6-18-7-3-12)23-17(21)15(11)16(20)19-13-4-8-22-9-5-13;/h10,12-13,18H,2-9H2,1H3,(H,19,20);1H. The van der Waals surface area contributed by atoms with Gasteiger partial charge in [0, 0.05) is 25.2 Å². The van der Waals surface area contributed by atoms with Gasteiger partial charge >= 0.3 is 5.63 Å². The Labute approximate surface area is 147 Å². The number of ether oxygens (including phenoxy) is 1. The third-order valence-corrected chi connectivity index (χ3v) is 4.69. The lowest BCUT2D eigenvalue weighted by atomic mass is 9.94. The minimum Gasteiger partial charge on any atom is -0.427 e. The first kappa shape index (κ1) is 19.0. The van der Waals surface area contributed by atoms with Crippen LogP contribution < -0.4 is 16.3 Å². The molecule has 1 aromatic heterocycles. The summed E-state index contributed by atoms with van der Waals surface area (Å²) in [5.74, 6) is 0.631. The van der Waals surface area contributed by atoms with Gasteiger partial charge in [0.1, 0.15) is 11.3 Å². The lowest BCUT2D eigenvalue weighted by Crippen LogP contribution is -2.41. The summed E-state index contributed by atoms with van der Waals surface area (Å²) in [4.78, 5) is 24.7. The van der Waals surface area contributed by atoms with Crippen molar-refractivity contribution in [3.05, 3.63) is 33.4 Å². The zero-order chi connectivity index (χ0) is 16.2. The Bertz CT molecular complexity index is 620. The Morgan fingerprint density at radius 2 is 1.88 bits per heavy atom. The number of amides is 1. The van der Waals surface area contributed by atoms with Crippen LogP contribution in [0.2, 0.25) is 0 Å². The molecule has 0 unspecified atom stereocenters. The first-order valence-electron chi connectivity index (χ1n) is 8.39. The van der Waals surface area contributed by atoms with Crippen molar-refractivity contribution in [1.29, 1.82) is 0 Å². The average molecular weight is 357 g/mol. The molecule has 0 aromatic carbocycles. The molecule has 2 saturated heterocycles. The van der Waals surface area contributed by atoms with E-state index >= 15 is 0 Å². The van der Waals surface area contributed by atoms with Crippen molar-refractivity contribution in [2.75, 3.05) is 26.3 Å². The molecule has 2 aliphatic heterocycles. The summed E-state index contributed by atoms with van der Waals surface area (Å²) < 4.78 is 10.8. The Morgan fingerprint density at radius 1 is 1.21 bits per heavy atom. The van der Waals surface area contributed by atoms with Gasteiger partial charge < -0.3 is 19.8 Å². The lowest BCUT2D eigenvalue weighted by molar-refractivity contribution is 0.0694. The second-order valence-corrected chi connectivity index (χ2v) is 6.38. The minimum atomic E-state index is -0.525. The predicted octanol–water partition coefficient (Wildman–Crippen LogP) is 1.75. The Hall–Kier alpha value is -1.37. The van der Waals surface area contributed by atoms with Crippen molar-refractivity contribution in [2.45, 2.75) is 44.6 Å². The lowest BCUT2D eigenvalue weighted by Gasteiger charge is -2.24. The molecule has 2 fully saturated rings. The normalized spacial score (nSPS) is 19.5. The molecule has 0 saturated carbocycles. The fourth-order valence-corrected chi connectivity index (χ4v) is 3.31. The number of halogens is 1. The fourth-order valence-electron chi connectivity index (χ4n) is 3.31. The van der Waals surface area contributed by atoms with E-state index < -0.39 is 5.63 Å². The Morgan fingerprint density at radius 3 is 2.50 bits per heavy atom. The molecule has 3 rings (SSSR count). The van der Waals surface area contributed by atoms with E-state index in [4.69, 9.17) is 9.15 Å². The second-order valence-electron chi connectivity index (χ2n) is 6.38. The summed E-state index contributed by atoms with van der Waals surface area (Å²) in [6.45, 7) is 4.96. The van der Waals surface area contributed by atoms with E-state index in [1.165, 1.54) is 0 Å². The van der Waals surface area contributed by atoms with E-state index in [1.807, 2.05) is 6.07 Å². The van der Waals surface area contributed by atoms with Crippen molar-refractivity contribution in [2.24, 2.45) is 0 Å². The molecule has 7 heteroatoms. The molecule has 0 aliphatic carbocycles. The maximum atomic E-state index is 12.4. The van der Waals surface area contributed by atoms with Crippen LogP contribution in [-0.4, -0.2) is 38.3 Å². The third kappa shape index (κ3) is 4.37. The van der Waals surface area contributed by atoms with Gasteiger partial charge in [-0.05, 0) is 57.3 Å². The Kier molecular flexibility index (Phi) is 6.83. The molecule has 0 atom stereocenters. The van der Waals surface area contributed by atoms with Crippen molar-refractivity contribution in [1.82, 2.24) is 10.6 Å². The Balaban J connectivity index is 0.00000208. The van der Waals surface area contributed by atoms with E-state index in [9.17, 15) is 9.59 Å². The topological polar surface area (TPSA) is 80.6 Å². The van der Waals surface area contributed by atoms with Crippen LogP contribution in [-0.2, 0) is 4.74 Å². The molecule has 134 valence electrons. The molecular weight excluding hydrogens is 332 g/mol. The molecule has 2 aliphatic rings. The van der Waals surface area contributed by atoms with Crippen LogP contribution in [0.3, 0.4) is 0 Å². The highest BCUT2D eigenvalue weighted by Crippen LogP contribution is 2.25. The molecule has 2 N–H and O–H groups in total. The van der Waals surface area contributed by atoms with Crippen molar-refractivity contribution < 1.29 is 13.9 Å². The van der Waals surface area contributed by atoms with E-state index in [0.29, 0.717) is 24.5 Å². The first-order valence-corrected chi connectivity index (χ1v) is 8.39. The molecule has 6 nitrogen and oxygen atoms in total. The number of piperidine rings is 1. The summed E-state index contributed by atoms with van der Waals surface area (Å²) >= 11 is 0. The van der Waals surface area contributed by atoms with Crippen LogP contribution in [0.4, 0.5) is 0 Å². The number of aryl methyl sites for hydroxylation is 1. The highest BCUT2D eigenvalue weighted by atomic mass is 35.5. The highest BCUT2D eigenvalue weighted by molar-refractivity contribution is 5.95. The maximum absolute atomic E-state index is 12.4. The van der Waals surface area contributed by atoms with Gasteiger partial charge in [-0.3, -0.25) is 4.79 Å². The molecule has 0 bridgehead atoms. The zero-order valence-corrected chi connectivity index (χ0v) is 14.7. The van der Waals surface area contributed by atoms with Crippen molar-refractivity contribution >= 4 is 18.3 Å². The van der Waals surface area contributed by atoms with Crippen LogP contribution >= 0.6 is 12.4 Å². The smallest absolute Gasteiger partial charge is 0.349 e. The van der Waals surface area contributed by atoms with Crippen LogP contribution in [0.25, 0.3) is 0 Å². The third-order valence-electron chi connectivity index (χ3n) is 4.69. The van der Waals surface area contributed by atoms with Crippen LogP contribution in [0, 0.1) is 6.92 Å². The van der Waals surface area contributed by atoms with Crippen LogP contribution in [0.5, 0.6) is 0 Å². The molecule has 1 amide bonds. The van der Waals surface area contributed by atoms with Crippen molar-refractivity contribution in [3.8, 4) is 0 Å². The molecular formula is C17H25ClN2O4. The summed E-state index contributed by atoms with van der Waals surface area (Å²) in [5, 5.41) is 6.22. The fraction of sp³-hybridized carbons (Fsp3) is 0.647. The van der Waals surface area contributed by atoms with Gasteiger partial charge in [-0.2, -0.15) is 0 Å². The predicted molar refractivity (Wildman–Crippen MR) is 93.1 cm³/mol. The summed E-state index contributed by atoms with van der Waals surface area (Å²) in [5.41, 5.74) is 0.302. The minimum absolute atomic E-state index is 0. The van der Waals surface area contributed by atoms with E-state index in [-0.39, 0.29) is 35.8 Å². The molecule has 1 aromatic rings. The van der Waals surface area contributed by atoms with E-state index in [1.54, 1.807) is 6.92 Å². The molecule has 24 heavy (non-hydrogen) atoms. The molecule has 0 radical (unpaired) electrons. The number of carbonyl (C=O) groups excluding carboxylic acids is 1. The van der Waals surface area contributed by atoms with Gasteiger partial charge in [-0.1, -0.05) is 0 Å². The average Bonchev–Trinajstić information content (AvgIpc) is 2.56. The van der Waals surface area contributed by atoms with Crippen LogP contribution in [0.1, 0.15) is 53.3 Å². The summed E-state index contributed by atoms with van der Waals surface area (Å²) in [6, 6.07) is 1.93. The SMILES string of the molecule is Cc1cc(C2CCNCC2)oc(=O)c1C(=O)NC1CCOCC1.Cl. The number of carbonyl (C=O) groups is 1. The first-order chi connectivity index (χ1) is 11.1. The number of hydrogen-bond donors (Lipinski definition) is 2. The van der Waals surface area contributed by atoms with Gasteiger partial charge in [0.15, 0.2) is 0 Å². The maximum Gasteiger partial charge on any atom is 0.349 e. The monoisotopic (exact) mass is 356 g/mol.